The number of nitrogens with zero attached hydrogens (tertiary/aromatic N) is 1. The average Bonchev–Trinajstić information content (AvgIpc) is 3.29. The fourth-order valence-electron chi connectivity index (χ4n) is 9.36. The maximum absolute atomic E-state index is 14.2. The minimum Gasteiger partial charge on any atom is -0.460 e. The lowest BCUT2D eigenvalue weighted by molar-refractivity contribution is -0.241. The van der Waals surface area contributed by atoms with E-state index in [0.29, 0.717) is 56.9 Å². The number of amides is 1. The van der Waals surface area contributed by atoms with E-state index >= 15 is 0 Å². The standard InChI is InChI=1S/C51H81NO13/c1-31(18-13-12-14-19-32(2)38(8)61-9)26-35(5)45(55)47(63-11)46(56)36(6)27-33(3)42(54)30-43(34(4)28-39-22-23-41(53)44(29-39)62-10)65-50(59)40-21-15-16-24-52(40)49(58)48(57)51(60)37(7)20-17-25-64-51/h12-14,18-19,27,31,33-35,37-41,43-44,46-47,53,56,60H,15-17,20-26,28-30H2,1-11H3/b14-12+,18-13+,32-19+,36-27+/t31-,33-,34-,35-,37-,38+,39+,40+,41-,43+,44-,46-,47+,51-/m1/s1. The molecular formula is C51H81NO13. The first kappa shape index (κ1) is 56.0. The highest BCUT2D eigenvalue weighted by molar-refractivity contribution is 6.39. The maximum atomic E-state index is 14.2. The lowest BCUT2D eigenvalue weighted by Gasteiger charge is -2.40. The number of Topliss-reactive ketones (excluding diaryl/α,β-unsaturated/α-hetero) is 3. The van der Waals surface area contributed by atoms with Gasteiger partial charge in [0, 0.05) is 52.0 Å². The number of ketones is 3. The van der Waals surface area contributed by atoms with Crippen molar-refractivity contribution in [2.24, 2.45) is 35.5 Å². The minimum atomic E-state index is -2.28. The molecule has 1 saturated carbocycles. The maximum Gasteiger partial charge on any atom is 0.329 e. The van der Waals surface area contributed by atoms with Crippen LogP contribution in [0.15, 0.2) is 47.6 Å². The van der Waals surface area contributed by atoms with Gasteiger partial charge in [-0.05, 0) is 114 Å². The zero-order valence-corrected chi connectivity index (χ0v) is 41.0. The second kappa shape index (κ2) is 26.8. The fourth-order valence-corrected chi connectivity index (χ4v) is 9.36. The molecule has 0 unspecified atom stereocenters. The second-order valence-electron chi connectivity index (χ2n) is 19.2. The number of aliphatic hydroxyl groups is 3. The molecule has 1 aliphatic carbocycles. The third kappa shape index (κ3) is 15.9. The van der Waals surface area contributed by atoms with Crippen LogP contribution in [0.4, 0.5) is 0 Å². The lowest BCUT2D eigenvalue weighted by atomic mass is 9.78. The molecule has 14 nitrogen and oxygen atoms in total. The molecule has 0 aromatic heterocycles. The highest BCUT2D eigenvalue weighted by Gasteiger charge is 2.51. The van der Waals surface area contributed by atoms with Gasteiger partial charge < -0.3 is 43.9 Å². The lowest BCUT2D eigenvalue weighted by Crippen LogP contribution is -2.59. The molecule has 3 fully saturated rings. The molecule has 14 heteroatoms. The summed E-state index contributed by atoms with van der Waals surface area (Å²) in [6.07, 6.45) is 12.5. The quantitative estimate of drug-likeness (QED) is 0.0416. The Morgan fingerprint density at radius 3 is 2.25 bits per heavy atom. The summed E-state index contributed by atoms with van der Waals surface area (Å²) in [5.41, 5.74) is 1.48. The molecule has 14 atom stereocenters. The zero-order valence-electron chi connectivity index (χ0n) is 41.0. The van der Waals surface area contributed by atoms with E-state index in [-0.39, 0.29) is 67.5 Å². The van der Waals surface area contributed by atoms with Crippen LogP contribution in [-0.2, 0) is 47.7 Å². The van der Waals surface area contributed by atoms with Crippen molar-refractivity contribution in [2.75, 3.05) is 34.5 Å². The molecule has 3 N–H and O–H groups in total. The first-order valence-electron chi connectivity index (χ1n) is 23.8. The van der Waals surface area contributed by atoms with Crippen LogP contribution in [0.3, 0.4) is 0 Å². The van der Waals surface area contributed by atoms with Crippen LogP contribution in [-0.4, -0.2) is 132 Å². The molecule has 0 aromatic rings. The van der Waals surface area contributed by atoms with E-state index in [1.807, 2.05) is 65.0 Å². The summed E-state index contributed by atoms with van der Waals surface area (Å²) in [6, 6.07) is -1.10. The van der Waals surface area contributed by atoms with Crippen molar-refractivity contribution in [3.8, 4) is 0 Å². The zero-order chi connectivity index (χ0) is 48.6. The highest BCUT2D eigenvalue weighted by Crippen LogP contribution is 2.35. The van der Waals surface area contributed by atoms with Crippen molar-refractivity contribution < 1.29 is 63.0 Å². The molecule has 2 aliphatic heterocycles. The second-order valence-corrected chi connectivity index (χ2v) is 19.2. The van der Waals surface area contributed by atoms with Gasteiger partial charge in [0.15, 0.2) is 5.78 Å². The van der Waals surface area contributed by atoms with Gasteiger partial charge >= 0.3 is 5.97 Å². The van der Waals surface area contributed by atoms with E-state index in [0.717, 1.165) is 12.0 Å². The molecule has 3 rings (SSSR count). The number of allylic oxidation sites excluding steroid dienone is 6. The van der Waals surface area contributed by atoms with Crippen LogP contribution in [0.5, 0.6) is 0 Å². The van der Waals surface area contributed by atoms with Crippen molar-refractivity contribution in [3.05, 3.63) is 47.6 Å². The van der Waals surface area contributed by atoms with Crippen LogP contribution in [0.25, 0.3) is 0 Å². The van der Waals surface area contributed by atoms with Crippen LogP contribution in [0.2, 0.25) is 0 Å². The number of aliphatic hydroxyl groups excluding tert-OH is 2. The Morgan fingerprint density at radius 2 is 1.60 bits per heavy atom. The minimum absolute atomic E-state index is 0.0282. The highest BCUT2D eigenvalue weighted by atomic mass is 16.6. The molecule has 368 valence electrons. The van der Waals surface area contributed by atoms with Gasteiger partial charge in [-0.15, -0.1) is 0 Å². The van der Waals surface area contributed by atoms with Crippen molar-refractivity contribution in [2.45, 2.75) is 174 Å². The molecule has 0 bridgehead atoms. The van der Waals surface area contributed by atoms with E-state index in [4.69, 9.17) is 23.7 Å². The monoisotopic (exact) mass is 916 g/mol. The van der Waals surface area contributed by atoms with Crippen LogP contribution in [0, 0.1) is 35.5 Å². The fraction of sp³-hybridized carbons (Fsp3) is 0.745. The van der Waals surface area contributed by atoms with Gasteiger partial charge in [0.1, 0.15) is 30.1 Å². The summed E-state index contributed by atoms with van der Waals surface area (Å²) >= 11 is 0. The number of ether oxygens (including phenoxy) is 5. The number of hydrogen-bond acceptors (Lipinski definition) is 13. The summed E-state index contributed by atoms with van der Waals surface area (Å²) in [5, 5.41) is 33.0. The Bertz CT molecular complexity index is 1710. The van der Waals surface area contributed by atoms with Gasteiger partial charge in [-0.2, -0.15) is 0 Å². The number of hydrogen-bond donors (Lipinski definition) is 3. The predicted molar refractivity (Wildman–Crippen MR) is 247 cm³/mol. The first-order chi connectivity index (χ1) is 30.7. The Hall–Kier alpha value is -3.37. The first-order valence-corrected chi connectivity index (χ1v) is 23.8. The predicted octanol–water partition coefficient (Wildman–Crippen LogP) is 6.43. The van der Waals surface area contributed by atoms with Gasteiger partial charge in [0.25, 0.3) is 11.7 Å². The average molecular weight is 916 g/mol. The Labute approximate surface area is 388 Å². The summed E-state index contributed by atoms with van der Waals surface area (Å²) in [6.45, 7) is 15.0. The van der Waals surface area contributed by atoms with Crippen LogP contribution < -0.4 is 0 Å². The molecule has 2 heterocycles. The van der Waals surface area contributed by atoms with Gasteiger partial charge in [-0.1, -0.05) is 71.1 Å². The van der Waals surface area contributed by atoms with Crippen LogP contribution >= 0.6 is 0 Å². The van der Waals surface area contributed by atoms with Gasteiger partial charge in [-0.25, -0.2) is 4.79 Å². The summed E-state index contributed by atoms with van der Waals surface area (Å²) in [4.78, 5) is 70.3. The van der Waals surface area contributed by atoms with Crippen LogP contribution in [0.1, 0.15) is 126 Å². The summed E-state index contributed by atoms with van der Waals surface area (Å²) in [5.74, 6) is -7.58. The molecule has 0 radical (unpaired) electrons. The van der Waals surface area contributed by atoms with E-state index in [2.05, 4.69) is 0 Å². The van der Waals surface area contributed by atoms with Crippen molar-refractivity contribution >= 4 is 29.2 Å². The number of carbonyl (C=O) groups excluding carboxylic acids is 5. The van der Waals surface area contributed by atoms with Crippen molar-refractivity contribution in [1.82, 2.24) is 4.90 Å². The Balaban J connectivity index is 1.76. The normalized spacial score (nSPS) is 28.5. The van der Waals surface area contributed by atoms with E-state index in [1.165, 1.54) is 12.0 Å². The smallest absolute Gasteiger partial charge is 0.329 e. The van der Waals surface area contributed by atoms with E-state index in [9.17, 15) is 39.3 Å². The van der Waals surface area contributed by atoms with Crippen molar-refractivity contribution in [1.29, 1.82) is 0 Å². The van der Waals surface area contributed by atoms with E-state index in [1.54, 1.807) is 41.1 Å². The summed E-state index contributed by atoms with van der Waals surface area (Å²) in [7, 11) is 4.61. The molecule has 0 aromatic carbocycles. The number of piperidine rings is 1. The SMILES string of the molecule is CO[C@@H](C)/C(C)=C/C=C/C=C/[C@@H](C)C[C@@H](C)C(=O)[C@H](OC)[C@H](O)/C(C)=C/[C@@H](C)C(=O)C[C@H](OC(=O)[C@@H]1CCCCN1C(=O)C(=O)[C@]1(O)OCCC[C@H]1C)[C@H](C)C[C@@H]1CC[C@@H](O)[C@H](OC)C1. The third-order valence-corrected chi connectivity index (χ3v) is 14.0. The summed E-state index contributed by atoms with van der Waals surface area (Å²) < 4.78 is 28.1. The number of rotatable bonds is 24. The Kier molecular flexibility index (Phi) is 23.1. The van der Waals surface area contributed by atoms with Gasteiger partial charge in [0.2, 0.25) is 5.79 Å². The number of carbonyl (C=O) groups is 5. The number of likely N-dealkylation sites (tertiary alicyclic amines) is 1. The molecule has 2 saturated heterocycles. The van der Waals surface area contributed by atoms with E-state index < -0.39 is 71.7 Å². The molecular weight excluding hydrogens is 835 g/mol. The molecule has 3 aliphatic rings. The third-order valence-electron chi connectivity index (χ3n) is 14.0. The number of esters is 1. The van der Waals surface area contributed by atoms with Gasteiger partial charge in [0.05, 0.1) is 24.9 Å². The topological polar surface area (TPSA) is 195 Å². The molecule has 1 amide bonds. The largest absolute Gasteiger partial charge is 0.460 e. The molecule has 0 spiro atoms. The number of methoxy groups -OCH3 is 3. The Morgan fingerprint density at radius 1 is 0.892 bits per heavy atom. The molecule has 65 heavy (non-hydrogen) atoms. The van der Waals surface area contributed by atoms with Crippen molar-refractivity contribution in [3.63, 3.8) is 0 Å². The van der Waals surface area contributed by atoms with Gasteiger partial charge in [-0.3, -0.25) is 19.2 Å².